The van der Waals surface area contributed by atoms with Crippen LogP contribution in [0.5, 0.6) is 0 Å². The van der Waals surface area contributed by atoms with Gasteiger partial charge in [0.1, 0.15) is 0 Å². The van der Waals surface area contributed by atoms with E-state index in [0.29, 0.717) is 12.3 Å². The topological polar surface area (TPSA) is 45.8 Å². The number of piperazine rings is 1. The molecule has 0 N–H and O–H groups in total. The van der Waals surface area contributed by atoms with E-state index in [1.54, 1.807) is 15.3 Å². The fraction of sp³-hybridized carbons (Fsp3) is 0.300. The molecule has 1 saturated heterocycles. The van der Waals surface area contributed by atoms with Crippen LogP contribution in [0, 0.1) is 0 Å². The van der Waals surface area contributed by atoms with Gasteiger partial charge >= 0.3 is 5.69 Å². The Hall–Kier alpha value is -2.48. The average Bonchev–Trinajstić information content (AvgIpc) is 3.25. The Kier molecular flexibility index (Phi) is 4.27. The zero-order valence-electron chi connectivity index (χ0n) is 15.0. The van der Waals surface area contributed by atoms with Crippen LogP contribution in [0.4, 0.5) is 0 Å². The van der Waals surface area contributed by atoms with E-state index in [9.17, 15) is 4.79 Å². The number of nitrogens with zero attached hydrogens (tertiary/aromatic N) is 5. The number of hydrogen-bond donors (Lipinski definition) is 0. The lowest BCUT2D eigenvalue weighted by Gasteiger charge is -2.34. The van der Waals surface area contributed by atoms with Gasteiger partial charge in [-0.15, -0.1) is 16.4 Å². The Morgan fingerprint density at radius 2 is 1.74 bits per heavy atom. The molecule has 3 aromatic heterocycles. The highest BCUT2D eigenvalue weighted by Gasteiger charge is 2.19. The lowest BCUT2D eigenvalue weighted by Crippen LogP contribution is -2.47. The van der Waals surface area contributed by atoms with Gasteiger partial charge in [-0.3, -0.25) is 14.2 Å². The number of fused-ring (bicyclic) bond motifs is 2. The second kappa shape index (κ2) is 6.92. The number of thiophene rings is 1. The molecule has 27 heavy (non-hydrogen) atoms. The van der Waals surface area contributed by atoms with Crippen molar-refractivity contribution < 1.29 is 0 Å². The van der Waals surface area contributed by atoms with Gasteiger partial charge in [-0.05, 0) is 34.5 Å². The van der Waals surface area contributed by atoms with E-state index in [1.807, 2.05) is 29.5 Å². The maximum Gasteiger partial charge on any atom is 0.351 e. The Bertz CT molecular complexity index is 1140. The second-order valence-electron chi connectivity index (χ2n) is 7.00. The van der Waals surface area contributed by atoms with E-state index in [1.165, 1.54) is 15.6 Å². The summed E-state index contributed by atoms with van der Waals surface area (Å²) in [5.41, 5.74) is 2.05. The van der Waals surface area contributed by atoms with Crippen LogP contribution in [0.3, 0.4) is 0 Å². The van der Waals surface area contributed by atoms with Crippen molar-refractivity contribution in [3.8, 4) is 0 Å². The molecule has 0 aliphatic carbocycles. The van der Waals surface area contributed by atoms with Crippen LogP contribution >= 0.6 is 11.3 Å². The molecule has 7 heteroatoms. The quantitative estimate of drug-likeness (QED) is 0.547. The minimum Gasteiger partial charge on any atom is -0.296 e. The largest absolute Gasteiger partial charge is 0.351 e. The number of pyridine rings is 1. The van der Waals surface area contributed by atoms with Crippen LogP contribution in [0.2, 0.25) is 0 Å². The number of aromatic nitrogens is 3. The normalized spacial score (nSPS) is 16.4. The predicted octanol–water partition coefficient (Wildman–Crippen LogP) is 2.49. The van der Waals surface area contributed by atoms with Crippen LogP contribution in [0.1, 0.15) is 5.56 Å². The molecule has 0 amide bonds. The molecule has 0 saturated carbocycles. The maximum absolute atomic E-state index is 12.4. The molecule has 5 rings (SSSR count). The molecule has 1 aliphatic heterocycles. The summed E-state index contributed by atoms with van der Waals surface area (Å²) < 4.78 is 4.52. The zero-order valence-corrected chi connectivity index (χ0v) is 15.8. The maximum atomic E-state index is 12.4. The van der Waals surface area contributed by atoms with Crippen molar-refractivity contribution in [1.82, 2.24) is 24.0 Å². The van der Waals surface area contributed by atoms with Gasteiger partial charge in [-0.25, -0.2) is 4.79 Å². The van der Waals surface area contributed by atoms with Gasteiger partial charge in [0, 0.05) is 43.6 Å². The molecular weight excluding hydrogens is 358 g/mol. The monoisotopic (exact) mass is 379 g/mol. The van der Waals surface area contributed by atoms with Crippen molar-refractivity contribution in [1.29, 1.82) is 0 Å². The fourth-order valence-corrected chi connectivity index (χ4v) is 4.69. The van der Waals surface area contributed by atoms with E-state index in [-0.39, 0.29) is 5.69 Å². The van der Waals surface area contributed by atoms with Gasteiger partial charge in [0.05, 0.1) is 6.67 Å². The molecule has 1 fully saturated rings. The first-order chi connectivity index (χ1) is 13.3. The van der Waals surface area contributed by atoms with Crippen molar-refractivity contribution >= 4 is 27.1 Å². The third-order valence-electron chi connectivity index (χ3n) is 5.24. The molecule has 138 valence electrons. The summed E-state index contributed by atoms with van der Waals surface area (Å²) in [4.78, 5) is 17.2. The summed E-state index contributed by atoms with van der Waals surface area (Å²) in [6.45, 7) is 5.45. The summed E-state index contributed by atoms with van der Waals surface area (Å²) in [6.07, 6.45) is 1.77. The number of hydrogen-bond acceptors (Lipinski definition) is 5. The van der Waals surface area contributed by atoms with Crippen LogP contribution in [0.15, 0.2) is 58.8 Å². The van der Waals surface area contributed by atoms with Gasteiger partial charge in [-0.1, -0.05) is 24.3 Å². The summed E-state index contributed by atoms with van der Waals surface area (Å²) in [5, 5.41) is 8.09. The molecule has 6 nitrogen and oxygen atoms in total. The van der Waals surface area contributed by atoms with Crippen molar-refractivity contribution in [2.24, 2.45) is 0 Å². The van der Waals surface area contributed by atoms with Gasteiger partial charge in [0.25, 0.3) is 0 Å². The third kappa shape index (κ3) is 3.18. The molecule has 0 bridgehead atoms. The standard InChI is InChI=1S/C20H21N5OS/c26-20-24-8-4-3-7-19(24)21-25(20)15-23-11-9-22(10-12-23)13-16-14-27-18-6-2-1-5-17(16)18/h1-8,14H,9-13,15H2. The van der Waals surface area contributed by atoms with Crippen LogP contribution in [-0.2, 0) is 13.2 Å². The third-order valence-corrected chi connectivity index (χ3v) is 6.25. The predicted molar refractivity (Wildman–Crippen MR) is 108 cm³/mol. The SMILES string of the molecule is O=c1n(CN2CCN(Cc3csc4ccccc34)CC2)nc2ccccn12. The smallest absolute Gasteiger partial charge is 0.296 e. The van der Waals surface area contributed by atoms with E-state index in [4.69, 9.17) is 0 Å². The van der Waals surface area contributed by atoms with Gasteiger partial charge < -0.3 is 0 Å². The van der Waals surface area contributed by atoms with E-state index < -0.39 is 0 Å². The van der Waals surface area contributed by atoms with E-state index in [0.717, 1.165) is 32.7 Å². The molecule has 0 spiro atoms. The van der Waals surface area contributed by atoms with Crippen LogP contribution in [-0.4, -0.2) is 50.2 Å². The highest BCUT2D eigenvalue weighted by molar-refractivity contribution is 7.17. The average molecular weight is 379 g/mol. The van der Waals surface area contributed by atoms with Crippen molar-refractivity contribution in [3.05, 3.63) is 70.1 Å². The fourth-order valence-electron chi connectivity index (χ4n) is 3.73. The minimum atomic E-state index is -0.0715. The Morgan fingerprint density at radius 3 is 2.59 bits per heavy atom. The summed E-state index contributed by atoms with van der Waals surface area (Å²) in [7, 11) is 0. The zero-order chi connectivity index (χ0) is 18.2. The number of rotatable bonds is 4. The Morgan fingerprint density at radius 1 is 0.963 bits per heavy atom. The first kappa shape index (κ1) is 16.7. The van der Waals surface area contributed by atoms with Crippen molar-refractivity contribution in [2.75, 3.05) is 26.2 Å². The van der Waals surface area contributed by atoms with Crippen LogP contribution < -0.4 is 5.69 Å². The molecule has 1 aliphatic rings. The summed E-state index contributed by atoms with van der Waals surface area (Å²) >= 11 is 1.82. The van der Waals surface area contributed by atoms with Gasteiger partial charge in [0.2, 0.25) is 0 Å². The van der Waals surface area contributed by atoms with Gasteiger partial charge in [-0.2, -0.15) is 4.68 Å². The molecule has 0 atom stereocenters. The Labute approximate surface area is 160 Å². The van der Waals surface area contributed by atoms with E-state index in [2.05, 4.69) is 44.5 Å². The first-order valence-corrected chi connectivity index (χ1v) is 10.1. The molecule has 4 heterocycles. The summed E-state index contributed by atoms with van der Waals surface area (Å²) in [5.74, 6) is 0. The lowest BCUT2D eigenvalue weighted by atomic mass is 10.1. The minimum absolute atomic E-state index is 0.0715. The molecule has 0 radical (unpaired) electrons. The van der Waals surface area contributed by atoms with Crippen LogP contribution in [0.25, 0.3) is 15.7 Å². The second-order valence-corrected chi connectivity index (χ2v) is 7.91. The molecule has 0 unspecified atom stereocenters. The highest BCUT2D eigenvalue weighted by atomic mass is 32.1. The lowest BCUT2D eigenvalue weighted by molar-refractivity contribution is 0.0979. The number of benzene rings is 1. The van der Waals surface area contributed by atoms with E-state index >= 15 is 0 Å². The molecule has 1 aromatic carbocycles. The summed E-state index contributed by atoms with van der Waals surface area (Å²) in [6, 6.07) is 14.2. The van der Waals surface area contributed by atoms with Gasteiger partial charge in [0.15, 0.2) is 5.65 Å². The molecule has 4 aromatic rings. The van der Waals surface area contributed by atoms with Crippen molar-refractivity contribution in [3.63, 3.8) is 0 Å². The first-order valence-electron chi connectivity index (χ1n) is 9.22. The Balaban J connectivity index is 1.23. The van der Waals surface area contributed by atoms with Crippen molar-refractivity contribution in [2.45, 2.75) is 13.2 Å². The molecular formula is C20H21N5OS. The highest BCUT2D eigenvalue weighted by Crippen LogP contribution is 2.26.